The zero-order valence-electron chi connectivity index (χ0n) is 9.22. The molecule has 0 fully saturated rings. The van der Waals surface area contributed by atoms with Crippen LogP contribution in [-0.4, -0.2) is 27.8 Å². The van der Waals surface area contributed by atoms with Crippen molar-refractivity contribution < 1.29 is 18.7 Å². The van der Waals surface area contributed by atoms with Crippen LogP contribution in [0, 0.1) is 0 Å². The molecule has 7 nitrogen and oxygen atoms in total. The molecule has 0 saturated heterocycles. The Morgan fingerprint density at radius 3 is 2.89 bits per heavy atom. The number of hydrogen-bond donors (Lipinski definition) is 2. The predicted octanol–water partition coefficient (Wildman–Crippen LogP) is 1.66. The third-order valence-corrected chi connectivity index (χ3v) is 2.47. The number of hydrogen-bond acceptors (Lipinski definition) is 6. The Balaban J connectivity index is 1.88. The van der Waals surface area contributed by atoms with Gasteiger partial charge in [-0.05, 0) is 28.1 Å². The Kier molecular flexibility index (Phi) is 4.11. The van der Waals surface area contributed by atoms with Crippen molar-refractivity contribution in [2.45, 2.75) is 13.0 Å². The van der Waals surface area contributed by atoms with Gasteiger partial charge in [0, 0.05) is 6.54 Å². The van der Waals surface area contributed by atoms with Crippen LogP contribution in [0.3, 0.4) is 0 Å². The smallest absolute Gasteiger partial charge is 0.304 e. The molecule has 0 aliphatic carbocycles. The normalized spacial score (nSPS) is 10.7. The highest BCUT2D eigenvalue weighted by molar-refractivity contribution is 9.10. The molecule has 0 spiro atoms. The molecular formula is C10H10BrN3O4. The van der Waals surface area contributed by atoms with Crippen molar-refractivity contribution in [3.63, 3.8) is 0 Å². The fourth-order valence-electron chi connectivity index (χ4n) is 1.24. The van der Waals surface area contributed by atoms with E-state index in [-0.39, 0.29) is 12.3 Å². The van der Waals surface area contributed by atoms with Gasteiger partial charge in [-0.3, -0.25) is 4.79 Å². The van der Waals surface area contributed by atoms with E-state index in [2.05, 4.69) is 31.4 Å². The maximum Gasteiger partial charge on any atom is 0.304 e. The summed E-state index contributed by atoms with van der Waals surface area (Å²) in [5.41, 5.74) is 0. The highest BCUT2D eigenvalue weighted by Gasteiger charge is 2.11. The summed E-state index contributed by atoms with van der Waals surface area (Å²) in [6.45, 7) is 0.668. The average Bonchev–Trinajstić information content (AvgIpc) is 2.93. The number of halogens is 1. The van der Waals surface area contributed by atoms with Gasteiger partial charge in [0.1, 0.15) is 0 Å². The summed E-state index contributed by atoms with van der Waals surface area (Å²) in [5, 5.41) is 19.0. The Hall–Kier alpha value is -1.67. The van der Waals surface area contributed by atoms with Gasteiger partial charge in [0.25, 0.3) is 5.89 Å². The van der Waals surface area contributed by atoms with Crippen LogP contribution >= 0.6 is 15.9 Å². The molecule has 0 radical (unpaired) electrons. The van der Waals surface area contributed by atoms with Crippen LogP contribution in [0.2, 0.25) is 0 Å². The first-order valence-corrected chi connectivity index (χ1v) is 5.95. The number of furan rings is 1. The maximum absolute atomic E-state index is 10.3. The van der Waals surface area contributed by atoms with Crippen molar-refractivity contribution in [1.82, 2.24) is 15.5 Å². The number of carboxylic acids is 1. The lowest BCUT2D eigenvalue weighted by molar-refractivity contribution is -0.136. The van der Waals surface area contributed by atoms with E-state index in [1.54, 1.807) is 12.1 Å². The molecule has 0 unspecified atom stereocenters. The van der Waals surface area contributed by atoms with Gasteiger partial charge in [-0.25, -0.2) is 0 Å². The minimum Gasteiger partial charge on any atom is -0.481 e. The summed E-state index contributed by atoms with van der Waals surface area (Å²) in [6.07, 6.45) is 0.0477. The van der Waals surface area contributed by atoms with Crippen LogP contribution in [0.4, 0.5) is 0 Å². The summed E-state index contributed by atoms with van der Waals surface area (Å²) in [4.78, 5) is 10.3. The third kappa shape index (κ3) is 3.41. The number of nitrogens with zero attached hydrogens (tertiary/aromatic N) is 2. The van der Waals surface area contributed by atoms with Crippen LogP contribution in [0.15, 0.2) is 25.6 Å². The number of aromatic nitrogens is 2. The number of carboxylic acid groups (broad SMARTS) is 1. The van der Waals surface area contributed by atoms with Crippen molar-refractivity contribution in [2.75, 3.05) is 6.54 Å². The average molecular weight is 316 g/mol. The van der Waals surface area contributed by atoms with Gasteiger partial charge in [-0.2, -0.15) is 0 Å². The van der Waals surface area contributed by atoms with E-state index >= 15 is 0 Å². The molecule has 0 aliphatic rings. The van der Waals surface area contributed by atoms with Crippen LogP contribution in [0.5, 0.6) is 0 Å². The highest BCUT2D eigenvalue weighted by atomic mass is 79.9. The first-order chi connectivity index (χ1) is 8.65. The van der Waals surface area contributed by atoms with Gasteiger partial charge in [0.2, 0.25) is 5.89 Å². The third-order valence-electron chi connectivity index (χ3n) is 2.04. The van der Waals surface area contributed by atoms with Gasteiger partial charge < -0.3 is 19.3 Å². The van der Waals surface area contributed by atoms with Crippen molar-refractivity contribution in [3.05, 3.63) is 22.7 Å². The molecule has 2 rings (SSSR count). The molecule has 0 aromatic carbocycles. The van der Waals surface area contributed by atoms with Crippen LogP contribution in [-0.2, 0) is 11.3 Å². The summed E-state index contributed by atoms with van der Waals surface area (Å²) < 4.78 is 11.2. The molecule has 0 aliphatic heterocycles. The summed E-state index contributed by atoms with van der Waals surface area (Å²) in [7, 11) is 0. The molecule has 0 bridgehead atoms. The molecule has 0 amide bonds. The van der Waals surface area contributed by atoms with E-state index < -0.39 is 5.97 Å². The SMILES string of the molecule is O=C(O)CCNCc1nnc(-c2ccc(Br)o2)o1. The first kappa shape index (κ1) is 12.8. The quantitative estimate of drug-likeness (QED) is 0.781. The molecule has 2 heterocycles. The second kappa shape index (κ2) is 5.78. The maximum atomic E-state index is 10.3. The van der Waals surface area contributed by atoms with Gasteiger partial charge in [-0.15, -0.1) is 10.2 Å². The molecule has 96 valence electrons. The van der Waals surface area contributed by atoms with Crippen molar-refractivity contribution >= 4 is 21.9 Å². The Morgan fingerprint density at radius 1 is 1.39 bits per heavy atom. The van der Waals surface area contributed by atoms with E-state index in [9.17, 15) is 4.79 Å². The zero-order valence-corrected chi connectivity index (χ0v) is 10.8. The monoisotopic (exact) mass is 315 g/mol. The van der Waals surface area contributed by atoms with Gasteiger partial charge >= 0.3 is 5.97 Å². The van der Waals surface area contributed by atoms with Crippen molar-refractivity contribution in [3.8, 4) is 11.7 Å². The fraction of sp³-hybridized carbons (Fsp3) is 0.300. The van der Waals surface area contributed by atoms with Crippen LogP contribution in [0.25, 0.3) is 11.7 Å². The molecule has 18 heavy (non-hydrogen) atoms. The van der Waals surface area contributed by atoms with E-state index in [0.717, 1.165) is 0 Å². The lowest BCUT2D eigenvalue weighted by atomic mass is 10.4. The Bertz CT molecular complexity index is 537. The molecule has 0 saturated carbocycles. The minimum absolute atomic E-state index is 0.0477. The fourth-order valence-corrected chi connectivity index (χ4v) is 1.55. The predicted molar refractivity (Wildman–Crippen MR) is 63.7 cm³/mol. The molecule has 2 aromatic rings. The standard InChI is InChI=1S/C10H10BrN3O4/c11-7-2-1-6(17-7)10-14-13-8(18-10)5-12-4-3-9(15)16/h1-2,12H,3-5H2,(H,15,16). The largest absolute Gasteiger partial charge is 0.481 e. The van der Waals surface area contributed by atoms with E-state index in [4.69, 9.17) is 13.9 Å². The minimum atomic E-state index is -0.853. The van der Waals surface area contributed by atoms with Crippen LogP contribution in [0.1, 0.15) is 12.3 Å². The summed E-state index contributed by atoms with van der Waals surface area (Å²) >= 11 is 3.18. The number of rotatable bonds is 6. The number of carbonyl (C=O) groups is 1. The van der Waals surface area contributed by atoms with E-state index in [1.165, 1.54) is 0 Å². The Morgan fingerprint density at radius 2 is 2.22 bits per heavy atom. The van der Waals surface area contributed by atoms with Crippen LogP contribution < -0.4 is 5.32 Å². The second-order valence-electron chi connectivity index (χ2n) is 3.43. The highest BCUT2D eigenvalue weighted by Crippen LogP contribution is 2.23. The summed E-state index contributed by atoms with van der Waals surface area (Å²) in [5.74, 6) is 0.291. The molecule has 0 atom stereocenters. The molecule has 2 aromatic heterocycles. The van der Waals surface area contributed by atoms with E-state index in [1.807, 2.05) is 0 Å². The zero-order chi connectivity index (χ0) is 13.0. The van der Waals surface area contributed by atoms with Gasteiger partial charge in [-0.1, -0.05) is 0 Å². The van der Waals surface area contributed by atoms with E-state index in [0.29, 0.717) is 29.4 Å². The number of aliphatic carboxylic acids is 1. The van der Waals surface area contributed by atoms with Gasteiger partial charge in [0.05, 0.1) is 13.0 Å². The van der Waals surface area contributed by atoms with Gasteiger partial charge in [0.15, 0.2) is 10.4 Å². The molecule has 2 N–H and O–H groups in total. The second-order valence-corrected chi connectivity index (χ2v) is 4.21. The van der Waals surface area contributed by atoms with Crippen molar-refractivity contribution in [2.24, 2.45) is 0 Å². The lowest BCUT2D eigenvalue weighted by Crippen LogP contribution is -2.17. The Labute approximate surface area is 110 Å². The molecule has 8 heteroatoms. The van der Waals surface area contributed by atoms with Crippen molar-refractivity contribution in [1.29, 1.82) is 0 Å². The lowest BCUT2D eigenvalue weighted by Gasteiger charge is -1.97. The molecular weight excluding hydrogens is 306 g/mol. The first-order valence-electron chi connectivity index (χ1n) is 5.16. The number of nitrogens with one attached hydrogen (secondary N) is 1. The summed E-state index contributed by atoms with van der Waals surface area (Å²) in [6, 6.07) is 3.43. The topological polar surface area (TPSA) is 101 Å².